The van der Waals surface area contributed by atoms with E-state index in [9.17, 15) is 5.11 Å². The van der Waals surface area contributed by atoms with Gasteiger partial charge in [0.2, 0.25) is 0 Å². The van der Waals surface area contributed by atoms with E-state index >= 15 is 0 Å². The van der Waals surface area contributed by atoms with E-state index in [1.165, 1.54) is 5.57 Å². The van der Waals surface area contributed by atoms with Crippen LogP contribution in [0.2, 0.25) is 0 Å². The summed E-state index contributed by atoms with van der Waals surface area (Å²) in [5.74, 6) is 1.12. The van der Waals surface area contributed by atoms with Crippen molar-refractivity contribution in [2.75, 3.05) is 0 Å². The second kappa shape index (κ2) is 3.93. The minimum absolute atomic E-state index is 0.183. The molecule has 15 heavy (non-hydrogen) atoms. The molecular formula is C14H16O. The van der Waals surface area contributed by atoms with Crippen LogP contribution < -0.4 is 0 Å². The molecule has 1 aromatic carbocycles. The van der Waals surface area contributed by atoms with Crippen molar-refractivity contribution in [2.45, 2.75) is 19.3 Å². The molecule has 0 heterocycles. The van der Waals surface area contributed by atoms with E-state index in [1.54, 1.807) is 6.07 Å². The van der Waals surface area contributed by atoms with E-state index < -0.39 is 0 Å². The van der Waals surface area contributed by atoms with Crippen molar-refractivity contribution in [1.29, 1.82) is 0 Å². The molecule has 0 saturated heterocycles. The van der Waals surface area contributed by atoms with Crippen molar-refractivity contribution in [3.05, 3.63) is 54.1 Å². The number of allylic oxidation sites excluding steroid dienone is 3. The van der Waals surface area contributed by atoms with E-state index in [-0.39, 0.29) is 5.92 Å². The molecule has 0 fully saturated rings. The largest absolute Gasteiger partial charge is 0.508 e. The lowest BCUT2D eigenvalue weighted by molar-refractivity contribution is 0.465. The van der Waals surface area contributed by atoms with Gasteiger partial charge < -0.3 is 5.11 Å². The Kier molecular flexibility index (Phi) is 2.63. The lowest BCUT2D eigenvalue weighted by Gasteiger charge is -2.24. The van der Waals surface area contributed by atoms with Gasteiger partial charge in [0, 0.05) is 11.5 Å². The smallest absolute Gasteiger partial charge is 0.119 e. The molecule has 0 radical (unpaired) electrons. The van der Waals surface area contributed by atoms with Crippen LogP contribution in [0.1, 0.15) is 24.8 Å². The van der Waals surface area contributed by atoms with Gasteiger partial charge in [-0.05, 0) is 18.4 Å². The number of phenols is 1. The number of phenolic OH excluding ortho intramolecular Hbond substituents is 1. The van der Waals surface area contributed by atoms with Gasteiger partial charge in [-0.3, -0.25) is 0 Å². The average molecular weight is 200 g/mol. The fraction of sp³-hybridized carbons (Fsp3) is 0.286. The van der Waals surface area contributed by atoms with Crippen LogP contribution in [0.25, 0.3) is 0 Å². The molecule has 1 N–H and O–H groups in total. The zero-order valence-corrected chi connectivity index (χ0v) is 8.98. The van der Waals surface area contributed by atoms with E-state index in [0.29, 0.717) is 11.7 Å². The first-order valence-electron chi connectivity index (χ1n) is 5.32. The molecule has 0 bridgehead atoms. The predicted octanol–water partition coefficient (Wildman–Crippen LogP) is 3.63. The topological polar surface area (TPSA) is 20.2 Å². The second-order valence-electron chi connectivity index (χ2n) is 4.26. The molecule has 1 heteroatoms. The maximum absolute atomic E-state index is 9.77. The van der Waals surface area contributed by atoms with Crippen LogP contribution in [0.3, 0.4) is 0 Å². The van der Waals surface area contributed by atoms with Crippen molar-refractivity contribution in [3.8, 4) is 5.75 Å². The SMILES string of the molecule is C=C1CC(C)C=CC1c1ccccc1O. The number of hydrogen-bond acceptors (Lipinski definition) is 1. The molecule has 78 valence electrons. The number of aromatic hydroxyl groups is 1. The maximum atomic E-state index is 9.77. The van der Waals surface area contributed by atoms with E-state index in [0.717, 1.165) is 12.0 Å². The molecule has 0 spiro atoms. The Morgan fingerprint density at radius 3 is 2.67 bits per heavy atom. The van der Waals surface area contributed by atoms with Crippen molar-refractivity contribution in [2.24, 2.45) is 5.92 Å². The zero-order valence-electron chi connectivity index (χ0n) is 8.98. The minimum atomic E-state index is 0.183. The lowest BCUT2D eigenvalue weighted by atomic mass is 9.81. The minimum Gasteiger partial charge on any atom is -0.508 e. The van der Waals surface area contributed by atoms with Crippen molar-refractivity contribution >= 4 is 0 Å². The fourth-order valence-electron chi connectivity index (χ4n) is 2.12. The Balaban J connectivity index is 2.36. The maximum Gasteiger partial charge on any atom is 0.119 e. The molecular weight excluding hydrogens is 184 g/mol. The first-order chi connectivity index (χ1) is 7.18. The van der Waals surface area contributed by atoms with Crippen LogP contribution in [-0.2, 0) is 0 Å². The second-order valence-corrected chi connectivity index (χ2v) is 4.26. The Labute approximate surface area is 90.8 Å². The summed E-state index contributed by atoms with van der Waals surface area (Å²) in [7, 11) is 0. The highest BCUT2D eigenvalue weighted by Gasteiger charge is 2.20. The van der Waals surface area contributed by atoms with Crippen LogP contribution in [0, 0.1) is 5.92 Å². The Bertz CT molecular complexity index is 404. The summed E-state index contributed by atoms with van der Waals surface area (Å²) in [5.41, 5.74) is 2.15. The third-order valence-corrected chi connectivity index (χ3v) is 2.93. The Hall–Kier alpha value is -1.50. The van der Waals surface area contributed by atoms with Gasteiger partial charge in [-0.15, -0.1) is 0 Å². The first kappa shape index (κ1) is 10.0. The van der Waals surface area contributed by atoms with Crippen LogP contribution in [0.5, 0.6) is 5.75 Å². The van der Waals surface area contributed by atoms with Crippen LogP contribution >= 0.6 is 0 Å². The normalized spacial score (nSPS) is 25.5. The molecule has 2 rings (SSSR count). The first-order valence-corrected chi connectivity index (χ1v) is 5.32. The van der Waals surface area contributed by atoms with Crippen molar-refractivity contribution in [3.63, 3.8) is 0 Å². The summed E-state index contributed by atoms with van der Waals surface area (Å²) in [6.45, 7) is 6.28. The Morgan fingerprint density at radius 1 is 1.27 bits per heavy atom. The average Bonchev–Trinajstić information content (AvgIpc) is 2.20. The van der Waals surface area contributed by atoms with Crippen LogP contribution in [0.15, 0.2) is 48.6 Å². The van der Waals surface area contributed by atoms with Crippen molar-refractivity contribution in [1.82, 2.24) is 0 Å². The van der Waals surface area contributed by atoms with Gasteiger partial charge in [0.05, 0.1) is 0 Å². The van der Waals surface area contributed by atoms with Gasteiger partial charge in [0.1, 0.15) is 5.75 Å². The molecule has 2 atom stereocenters. The highest BCUT2D eigenvalue weighted by atomic mass is 16.3. The molecule has 1 nitrogen and oxygen atoms in total. The van der Waals surface area contributed by atoms with Gasteiger partial charge >= 0.3 is 0 Å². The Morgan fingerprint density at radius 2 is 2.00 bits per heavy atom. The molecule has 0 aromatic heterocycles. The third-order valence-electron chi connectivity index (χ3n) is 2.93. The predicted molar refractivity (Wildman–Crippen MR) is 62.9 cm³/mol. The highest BCUT2D eigenvalue weighted by molar-refractivity contribution is 5.43. The molecule has 1 aliphatic rings. The van der Waals surface area contributed by atoms with Gasteiger partial charge in [0.15, 0.2) is 0 Å². The molecule has 1 aromatic rings. The summed E-state index contributed by atoms with van der Waals surface area (Å²) < 4.78 is 0. The highest BCUT2D eigenvalue weighted by Crippen LogP contribution is 2.37. The molecule has 0 aliphatic heterocycles. The lowest BCUT2D eigenvalue weighted by Crippen LogP contribution is -2.08. The summed E-state index contributed by atoms with van der Waals surface area (Å²) >= 11 is 0. The number of hydrogen-bond donors (Lipinski definition) is 1. The van der Waals surface area contributed by atoms with Crippen molar-refractivity contribution < 1.29 is 5.11 Å². The number of benzene rings is 1. The van der Waals surface area contributed by atoms with E-state index in [4.69, 9.17) is 0 Å². The summed E-state index contributed by atoms with van der Waals surface area (Å²) in [6, 6.07) is 7.49. The van der Waals surface area contributed by atoms with E-state index in [1.807, 2.05) is 18.2 Å². The van der Waals surface area contributed by atoms with Crippen LogP contribution in [0.4, 0.5) is 0 Å². The standard InChI is InChI=1S/C14H16O/c1-10-7-8-12(11(2)9-10)13-5-3-4-6-14(13)15/h3-8,10,12,15H,2,9H2,1H3. The van der Waals surface area contributed by atoms with E-state index in [2.05, 4.69) is 25.7 Å². The molecule has 0 amide bonds. The third kappa shape index (κ3) is 1.96. The van der Waals surface area contributed by atoms with Gasteiger partial charge in [-0.1, -0.05) is 49.4 Å². The number of rotatable bonds is 1. The quantitative estimate of drug-likeness (QED) is 0.686. The van der Waals surface area contributed by atoms with Crippen LogP contribution in [-0.4, -0.2) is 5.11 Å². The van der Waals surface area contributed by atoms with Gasteiger partial charge in [-0.25, -0.2) is 0 Å². The summed E-state index contributed by atoms with van der Waals surface area (Å²) in [5, 5.41) is 9.77. The summed E-state index contributed by atoms with van der Waals surface area (Å²) in [4.78, 5) is 0. The van der Waals surface area contributed by atoms with Gasteiger partial charge in [0.25, 0.3) is 0 Å². The molecule has 0 saturated carbocycles. The monoisotopic (exact) mass is 200 g/mol. The zero-order chi connectivity index (χ0) is 10.8. The van der Waals surface area contributed by atoms with Gasteiger partial charge in [-0.2, -0.15) is 0 Å². The molecule has 2 unspecified atom stereocenters. The summed E-state index contributed by atoms with van der Waals surface area (Å²) in [6.07, 6.45) is 5.35. The number of para-hydroxylation sites is 1. The fourth-order valence-corrected chi connectivity index (χ4v) is 2.12. The molecule has 1 aliphatic carbocycles.